The van der Waals surface area contributed by atoms with E-state index >= 15 is 0 Å². The van der Waals surface area contributed by atoms with Crippen LogP contribution in [0.3, 0.4) is 0 Å². The molecule has 5 nitrogen and oxygen atoms in total. The van der Waals surface area contributed by atoms with E-state index in [9.17, 15) is 0 Å². The third kappa shape index (κ3) is 2.00. The van der Waals surface area contributed by atoms with E-state index in [0.717, 1.165) is 56.0 Å². The van der Waals surface area contributed by atoms with Crippen molar-refractivity contribution in [3.05, 3.63) is 17.8 Å². The van der Waals surface area contributed by atoms with Gasteiger partial charge in [-0.2, -0.15) is 0 Å². The van der Waals surface area contributed by atoms with E-state index in [2.05, 4.69) is 36.5 Å². The van der Waals surface area contributed by atoms with Crippen molar-refractivity contribution >= 4 is 27.4 Å². The van der Waals surface area contributed by atoms with Crippen molar-refractivity contribution in [2.75, 3.05) is 44.2 Å². The average Bonchev–Trinajstić information content (AvgIpc) is 2.86. The smallest absolute Gasteiger partial charge is 0.140 e. The first-order valence-corrected chi connectivity index (χ1v) is 7.68. The minimum Gasteiger partial charge on any atom is -0.353 e. The van der Waals surface area contributed by atoms with Crippen LogP contribution < -0.4 is 10.2 Å². The maximum Gasteiger partial charge on any atom is 0.140 e. The molecule has 2 aromatic rings. The summed E-state index contributed by atoms with van der Waals surface area (Å²) in [6.07, 6.45) is 1.69. The Morgan fingerprint density at radius 1 is 1.16 bits per heavy atom. The summed E-state index contributed by atoms with van der Waals surface area (Å²) in [4.78, 5) is 14.9. The monoisotopic (exact) mass is 275 g/mol. The highest BCUT2D eigenvalue weighted by atomic mass is 32.1. The summed E-state index contributed by atoms with van der Waals surface area (Å²) in [7, 11) is 0. The molecule has 19 heavy (non-hydrogen) atoms. The highest BCUT2D eigenvalue weighted by Crippen LogP contribution is 2.27. The van der Waals surface area contributed by atoms with Gasteiger partial charge in [0, 0.05) is 45.3 Å². The van der Waals surface area contributed by atoms with Gasteiger partial charge in [-0.05, 0) is 11.4 Å². The SMILES string of the molecule is c1nc(N2CCN(C3CNC3)CC2)c2ccsc2n1. The Balaban J connectivity index is 1.52. The third-order valence-corrected chi connectivity index (χ3v) is 4.95. The topological polar surface area (TPSA) is 44.3 Å². The van der Waals surface area contributed by atoms with Gasteiger partial charge in [0.1, 0.15) is 17.0 Å². The van der Waals surface area contributed by atoms with E-state index in [4.69, 9.17) is 0 Å². The van der Waals surface area contributed by atoms with Gasteiger partial charge in [-0.1, -0.05) is 0 Å². The minimum absolute atomic E-state index is 0.758. The van der Waals surface area contributed by atoms with E-state index in [0.29, 0.717) is 0 Å². The first-order chi connectivity index (χ1) is 9.42. The van der Waals surface area contributed by atoms with Crippen molar-refractivity contribution < 1.29 is 0 Å². The van der Waals surface area contributed by atoms with Crippen LogP contribution in [-0.2, 0) is 0 Å². The Morgan fingerprint density at radius 3 is 2.74 bits per heavy atom. The quantitative estimate of drug-likeness (QED) is 0.878. The molecule has 0 atom stereocenters. The Kier molecular flexibility index (Phi) is 2.86. The van der Waals surface area contributed by atoms with Gasteiger partial charge in [-0.25, -0.2) is 9.97 Å². The fourth-order valence-corrected chi connectivity index (χ4v) is 3.59. The number of rotatable bonds is 2. The van der Waals surface area contributed by atoms with Crippen LogP contribution in [0.15, 0.2) is 17.8 Å². The number of aromatic nitrogens is 2. The number of thiophene rings is 1. The summed E-state index contributed by atoms with van der Waals surface area (Å²) in [5.74, 6) is 1.11. The summed E-state index contributed by atoms with van der Waals surface area (Å²) >= 11 is 1.69. The standard InChI is InChI=1S/C13H17N5S/c1-6-19-13-11(1)12(15-9-16-13)18-4-2-17(3-5-18)10-7-14-8-10/h1,6,9-10,14H,2-5,7-8H2. The van der Waals surface area contributed by atoms with Gasteiger partial charge in [-0.3, -0.25) is 4.90 Å². The normalized spacial score (nSPS) is 21.8. The summed E-state index contributed by atoms with van der Waals surface area (Å²) < 4.78 is 0. The van der Waals surface area contributed by atoms with Gasteiger partial charge in [0.2, 0.25) is 0 Å². The molecule has 2 saturated heterocycles. The molecule has 0 bridgehead atoms. The molecule has 100 valence electrons. The molecule has 2 aliphatic rings. The maximum absolute atomic E-state index is 4.50. The van der Waals surface area contributed by atoms with Crippen molar-refractivity contribution in [2.24, 2.45) is 0 Å². The van der Waals surface area contributed by atoms with Crippen molar-refractivity contribution in [2.45, 2.75) is 6.04 Å². The van der Waals surface area contributed by atoms with Crippen LogP contribution >= 0.6 is 11.3 Å². The van der Waals surface area contributed by atoms with Gasteiger partial charge in [-0.15, -0.1) is 11.3 Å². The fourth-order valence-electron chi connectivity index (χ4n) is 2.86. The number of nitrogens with one attached hydrogen (secondary N) is 1. The summed E-state index contributed by atoms with van der Waals surface area (Å²) in [6.45, 7) is 6.73. The second kappa shape index (κ2) is 4.70. The summed E-state index contributed by atoms with van der Waals surface area (Å²) in [5.41, 5.74) is 0. The van der Waals surface area contributed by atoms with Gasteiger partial charge in [0.25, 0.3) is 0 Å². The molecular formula is C13H17N5S. The number of anilines is 1. The molecule has 0 spiro atoms. The van der Waals surface area contributed by atoms with Crippen molar-refractivity contribution in [3.8, 4) is 0 Å². The molecular weight excluding hydrogens is 258 g/mol. The lowest BCUT2D eigenvalue weighted by Crippen LogP contribution is -2.61. The molecule has 1 N–H and O–H groups in total. The molecule has 0 unspecified atom stereocenters. The molecule has 2 fully saturated rings. The minimum atomic E-state index is 0.758. The lowest BCUT2D eigenvalue weighted by atomic mass is 10.1. The predicted octanol–water partition coefficient (Wildman–Crippen LogP) is 0.785. The number of nitrogens with zero attached hydrogens (tertiary/aromatic N) is 4. The number of piperazine rings is 1. The predicted molar refractivity (Wildman–Crippen MR) is 77.9 cm³/mol. The zero-order valence-electron chi connectivity index (χ0n) is 10.7. The van der Waals surface area contributed by atoms with E-state index in [-0.39, 0.29) is 0 Å². The summed E-state index contributed by atoms with van der Waals surface area (Å²) in [6, 6.07) is 2.89. The lowest BCUT2D eigenvalue weighted by Gasteiger charge is -2.43. The molecule has 4 rings (SSSR count). The highest BCUT2D eigenvalue weighted by molar-refractivity contribution is 7.16. The van der Waals surface area contributed by atoms with Gasteiger partial charge < -0.3 is 10.2 Å². The fraction of sp³-hybridized carbons (Fsp3) is 0.538. The molecule has 0 saturated carbocycles. The molecule has 2 aromatic heterocycles. The van der Waals surface area contributed by atoms with Crippen LogP contribution in [0.2, 0.25) is 0 Å². The number of hydrogen-bond donors (Lipinski definition) is 1. The van der Waals surface area contributed by atoms with E-state index < -0.39 is 0 Å². The van der Waals surface area contributed by atoms with E-state index in [1.54, 1.807) is 17.7 Å². The highest BCUT2D eigenvalue weighted by Gasteiger charge is 2.28. The van der Waals surface area contributed by atoms with Crippen molar-refractivity contribution in [3.63, 3.8) is 0 Å². The zero-order chi connectivity index (χ0) is 12.7. The molecule has 6 heteroatoms. The lowest BCUT2D eigenvalue weighted by molar-refractivity contribution is 0.138. The molecule has 0 radical (unpaired) electrons. The molecule has 0 amide bonds. The Hall–Kier alpha value is -1.24. The van der Waals surface area contributed by atoms with Crippen LogP contribution in [0, 0.1) is 0 Å². The zero-order valence-corrected chi connectivity index (χ0v) is 11.6. The first kappa shape index (κ1) is 11.6. The maximum atomic E-state index is 4.50. The Bertz CT molecular complexity index is 571. The van der Waals surface area contributed by atoms with Crippen LogP contribution in [0.5, 0.6) is 0 Å². The van der Waals surface area contributed by atoms with Crippen LogP contribution in [-0.4, -0.2) is 60.2 Å². The first-order valence-electron chi connectivity index (χ1n) is 6.80. The Morgan fingerprint density at radius 2 is 2.00 bits per heavy atom. The largest absolute Gasteiger partial charge is 0.353 e. The van der Waals surface area contributed by atoms with Gasteiger partial charge in [0.15, 0.2) is 0 Å². The average molecular weight is 275 g/mol. The summed E-state index contributed by atoms with van der Waals surface area (Å²) in [5, 5.41) is 6.64. The van der Waals surface area contributed by atoms with Crippen LogP contribution in [0.1, 0.15) is 0 Å². The second-order valence-corrected chi connectivity index (χ2v) is 6.07. The second-order valence-electron chi connectivity index (χ2n) is 5.17. The van der Waals surface area contributed by atoms with Gasteiger partial charge >= 0.3 is 0 Å². The van der Waals surface area contributed by atoms with E-state index in [1.807, 2.05) is 0 Å². The third-order valence-electron chi connectivity index (χ3n) is 4.13. The molecule has 4 heterocycles. The van der Waals surface area contributed by atoms with Gasteiger partial charge in [0.05, 0.1) is 5.39 Å². The number of hydrogen-bond acceptors (Lipinski definition) is 6. The van der Waals surface area contributed by atoms with Crippen LogP contribution in [0.25, 0.3) is 10.2 Å². The Labute approximate surface area is 116 Å². The number of fused-ring (bicyclic) bond motifs is 1. The van der Waals surface area contributed by atoms with Crippen LogP contribution in [0.4, 0.5) is 5.82 Å². The van der Waals surface area contributed by atoms with Crippen molar-refractivity contribution in [1.29, 1.82) is 0 Å². The molecule has 2 aliphatic heterocycles. The molecule has 0 aromatic carbocycles. The van der Waals surface area contributed by atoms with E-state index in [1.165, 1.54) is 5.39 Å². The van der Waals surface area contributed by atoms with Crippen molar-refractivity contribution in [1.82, 2.24) is 20.2 Å². The molecule has 0 aliphatic carbocycles.